The van der Waals surface area contributed by atoms with Gasteiger partial charge in [-0.15, -0.1) is 11.3 Å². The second-order valence-corrected chi connectivity index (χ2v) is 8.65. The molecule has 8 heteroatoms. The normalized spacial score (nSPS) is 11.4. The van der Waals surface area contributed by atoms with Crippen molar-refractivity contribution in [1.82, 2.24) is 9.99 Å². The van der Waals surface area contributed by atoms with Gasteiger partial charge in [-0.05, 0) is 33.8 Å². The SMILES string of the molecule is C=CN(C)/N=C(\CC#CC(C)(C)C)c1cc([N+](=O)[O-])ccc1Nc1ncc(C)s1. The van der Waals surface area contributed by atoms with E-state index in [9.17, 15) is 10.1 Å². The molecule has 1 N–H and O–H groups in total. The predicted octanol–water partition coefficient (Wildman–Crippen LogP) is 5.32. The number of hydrazone groups is 1. The maximum Gasteiger partial charge on any atom is 0.270 e. The minimum absolute atomic E-state index is 0.0152. The van der Waals surface area contributed by atoms with Crippen LogP contribution in [0.15, 0.2) is 42.3 Å². The summed E-state index contributed by atoms with van der Waals surface area (Å²) in [6.07, 6.45) is 3.67. The molecule has 0 aliphatic rings. The number of anilines is 2. The van der Waals surface area contributed by atoms with Crippen LogP contribution in [0.4, 0.5) is 16.5 Å². The lowest BCUT2D eigenvalue weighted by molar-refractivity contribution is -0.384. The lowest BCUT2D eigenvalue weighted by Gasteiger charge is -2.14. The summed E-state index contributed by atoms with van der Waals surface area (Å²) >= 11 is 1.50. The highest BCUT2D eigenvalue weighted by Gasteiger charge is 2.17. The third-order valence-electron chi connectivity index (χ3n) is 3.65. The number of aryl methyl sites for hydroxylation is 1. The average molecular weight is 412 g/mol. The van der Waals surface area contributed by atoms with Crippen molar-refractivity contribution in [2.75, 3.05) is 12.4 Å². The van der Waals surface area contributed by atoms with Gasteiger partial charge >= 0.3 is 0 Å². The summed E-state index contributed by atoms with van der Waals surface area (Å²) in [6, 6.07) is 4.64. The van der Waals surface area contributed by atoms with Gasteiger partial charge in [0.15, 0.2) is 5.13 Å². The molecule has 1 aromatic carbocycles. The van der Waals surface area contributed by atoms with Crippen LogP contribution < -0.4 is 5.32 Å². The van der Waals surface area contributed by atoms with Crippen molar-refractivity contribution in [2.45, 2.75) is 34.1 Å². The summed E-state index contributed by atoms with van der Waals surface area (Å²) in [5.41, 5.74) is 1.71. The first kappa shape index (κ1) is 22.1. The number of hydrogen-bond donors (Lipinski definition) is 1. The maximum atomic E-state index is 11.4. The van der Waals surface area contributed by atoms with Crippen LogP contribution in [0.2, 0.25) is 0 Å². The summed E-state index contributed by atoms with van der Waals surface area (Å²) < 4.78 is 0. The summed E-state index contributed by atoms with van der Waals surface area (Å²) in [6.45, 7) is 11.8. The molecule has 0 aliphatic carbocycles. The number of thiazole rings is 1. The van der Waals surface area contributed by atoms with E-state index in [4.69, 9.17) is 0 Å². The van der Waals surface area contributed by atoms with Crippen LogP contribution in [0.5, 0.6) is 0 Å². The quantitative estimate of drug-likeness (QED) is 0.288. The Morgan fingerprint density at radius 2 is 2.21 bits per heavy atom. The van der Waals surface area contributed by atoms with E-state index >= 15 is 0 Å². The summed E-state index contributed by atoms with van der Waals surface area (Å²) in [4.78, 5) is 16.3. The first-order chi connectivity index (χ1) is 13.6. The number of rotatable bonds is 7. The molecule has 0 atom stereocenters. The topological polar surface area (TPSA) is 83.7 Å². The summed E-state index contributed by atoms with van der Waals surface area (Å²) in [5, 5.41) is 21.4. The van der Waals surface area contributed by atoms with E-state index in [1.54, 1.807) is 30.5 Å². The van der Waals surface area contributed by atoms with Gasteiger partial charge in [-0.25, -0.2) is 4.98 Å². The number of nitrogens with one attached hydrogen (secondary N) is 1. The molecule has 0 fully saturated rings. The van der Waals surface area contributed by atoms with Gasteiger partial charge in [0.2, 0.25) is 0 Å². The molecule has 0 aliphatic heterocycles. The van der Waals surface area contributed by atoms with E-state index in [0.717, 1.165) is 4.88 Å². The molecule has 152 valence electrons. The molecule has 0 amide bonds. The minimum atomic E-state index is -0.420. The number of non-ortho nitro benzene ring substituents is 1. The van der Waals surface area contributed by atoms with Crippen molar-refractivity contribution in [3.8, 4) is 11.8 Å². The monoisotopic (exact) mass is 411 g/mol. The zero-order valence-corrected chi connectivity index (χ0v) is 18.1. The van der Waals surface area contributed by atoms with E-state index in [1.165, 1.54) is 23.5 Å². The van der Waals surface area contributed by atoms with Crippen LogP contribution >= 0.6 is 11.3 Å². The molecule has 29 heavy (non-hydrogen) atoms. The van der Waals surface area contributed by atoms with Crippen LogP contribution in [0.1, 0.15) is 37.6 Å². The number of benzene rings is 1. The molecule has 2 rings (SSSR count). The molecule has 0 spiro atoms. The molecule has 2 aromatic rings. The van der Waals surface area contributed by atoms with Gasteiger partial charge in [-0.3, -0.25) is 15.1 Å². The molecule has 0 saturated heterocycles. The number of nitro groups is 1. The molecule has 0 saturated carbocycles. The summed E-state index contributed by atoms with van der Waals surface area (Å²) in [7, 11) is 1.75. The van der Waals surface area contributed by atoms with Gasteiger partial charge in [-0.1, -0.05) is 18.4 Å². The highest BCUT2D eigenvalue weighted by atomic mass is 32.1. The van der Waals surface area contributed by atoms with Gasteiger partial charge in [0, 0.05) is 53.1 Å². The van der Waals surface area contributed by atoms with E-state index in [1.807, 2.05) is 27.7 Å². The Balaban J connectivity index is 2.56. The third-order valence-corrected chi connectivity index (χ3v) is 4.48. The van der Waals surface area contributed by atoms with Gasteiger partial charge in [0.05, 0.1) is 17.1 Å². The van der Waals surface area contributed by atoms with Crippen LogP contribution in [0.3, 0.4) is 0 Å². The summed E-state index contributed by atoms with van der Waals surface area (Å²) in [5.74, 6) is 6.33. The molecule has 0 bridgehead atoms. The number of aromatic nitrogens is 1. The van der Waals surface area contributed by atoms with Gasteiger partial charge in [-0.2, -0.15) is 5.10 Å². The fourth-order valence-corrected chi connectivity index (χ4v) is 3.01. The Kier molecular flexibility index (Phi) is 7.13. The second kappa shape index (κ2) is 9.34. The maximum absolute atomic E-state index is 11.4. The van der Waals surface area contributed by atoms with Gasteiger partial charge < -0.3 is 5.32 Å². The standard InChI is InChI=1S/C21H25N5O2S/c1-7-25(6)24-19(9-8-12-21(3,4)5)17-13-16(26(27)28)10-11-18(17)23-20-22-14-15(2)29-20/h7,10-11,13-14H,1,9H2,2-6H3,(H,22,23)/b24-19+. The van der Waals surface area contributed by atoms with E-state index in [2.05, 4.69) is 33.8 Å². The average Bonchev–Trinajstić information content (AvgIpc) is 3.04. The Labute approximate surface area is 175 Å². The van der Waals surface area contributed by atoms with Crippen LogP contribution in [0.25, 0.3) is 0 Å². The Hall–Kier alpha value is -3.18. The second-order valence-electron chi connectivity index (χ2n) is 7.42. The lowest BCUT2D eigenvalue weighted by Crippen LogP contribution is -2.12. The van der Waals surface area contributed by atoms with E-state index in [-0.39, 0.29) is 11.1 Å². The Morgan fingerprint density at radius 1 is 1.48 bits per heavy atom. The number of nitrogens with zero attached hydrogens (tertiary/aromatic N) is 4. The predicted molar refractivity (Wildman–Crippen MR) is 120 cm³/mol. The fraction of sp³-hybridized carbons (Fsp3) is 0.333. The van der Waals surface area contributed by atoms with Crippen molar-refractivity contribution in [3.05, 3.63) is 57.7 Å². The number of hydrogen-bond acceptors (Lipinski definition) is 7. The molecular formula is C21H25N5O2S. The molecular weight excluding hydrogens is 386 g/mol. The van der Waals surface area contributed by atoms with Gasteiger partial charge in [0.25, 0.3) is 5.69 Å². The molecule has 0 unspecified atom stereocenters. The molecule has 1 aromatic heterocycles. The molecule has 0 radical (unpaired) electrons. The first-order valence-corrected chi connectivity index (χ1v) is 9.82. The van der Waals surface area contributed by atoms with Crippen molar-refractivity contribution in [1.29, 1.82) is 0 Å². The van der Waals surface area contributed by atoms with Crippen LogP contribution in [-0.4, -0.2) is 27.7 Å². The minimum Gasteiger partial charge on any atom is -0.331 e. The Bertz CT molecular complexity index is 992. The van der Waals surface area contributed by atoms with E-state index < -0.39 is 4.92 Å². The van der Waals surface area contributed by atoms with E-state index in [0.29, 0.717) is 28.5 Å². The molecule has 7 nitrogen and oxygen atoms in total. The number of nitro benzene ring substituents is 1. The highest BCUT2D eigenvalue weighted by Crippen LogP contribution is 2.29. The highest BCUT2D eigenvalue weighted by molar-refractivity contribution is 7.15. The lowest BCUT2D eigenvalue weighted by atomic mass is 9.97. The zero-order valence-electron chi connectivity index (χ0n) is 17.3. The smallest absolute Gasteiger partial charge is 0.270 e. The van der Waals surface area contributed by atoms with Gasteiger partial charge in [0.1, 0.15) is 0 Å². The Morgan fingerprint density at radius 3 is 2.76 bits per heavy atom. The largest absolute Gasteiger partial charge is 0.331 e. The molecule has 1 heterocycles. The van der Waals surface area contributed by atoms with Crippen molar-refractivity contribution in [2.24, 2.45) is 10.5 Å². The van der Waals surface area contributed by atoms with Crippen LogP contribution in [-0.2, 0) is 0 Å². The zero-order chi connectivity index (χ0) is 21.6. The van der Waals surface area contributed by atoms with Crippen molar-refractivity contribution < 1.29 is 4.92 Å². The third kappa shape index (κ3) is 6.73. The fourth-order valence-electron chi connectivity index (χ4n) is 2.33. The first-order valence-electron chi connectivity index (χ1n) is 9.00. The van der Waals surface area contributed by atoms with Crippen LogP contribution in [0, 0.1) is 34.3 Å². The van der Waals surface area contributed by atoms with Crippen molar-refractivity contribution in [3.63, 3.8) is 0 Å². The van der Waals surface area contributed by atoms with Crippen molar-refractivity contribution >= 4 is 33.6 Å².